The molecule has 1 fully saturated rings. The first kappa shape index (κ1) is 21.6. The molecule has 156 valence electrons. The molecule has 1 aliphatic rings. The Hall–Kier alpha value is -2.15. The molecule has 1 saturated heterocycles. The van der Waals surface area contributed by atoms with Crippen molar-refractivity contribution in [1.29, 1.82) is 0 Å². The highest BCUT2D eigenvalue weighted by atomic mass is 35.5. The molecule has 0 bridgehead atoms. The van der Waals surface area contributed by atoms with E-state index in [1.807, 2.05) is 24.0 Å². The maximum absolute atomic E-state index is 13.2. The van der Waals surface area contributed by atoms with Crippen molar-refractivity contribution in [2.75, 3.05) is 26.2 Å². The minimum Gasteiger partial charge on any atom is -0.489 e. The number of aliphatic hydroxyl groups is 1. The maximum atomic E-state index is 13.2. The summed E-state index contributed by atoms with van der Waals surface area (Å²) < 4.78 is 19.0. The maximum Gasteiger partial charge on any atom is 0.234 e. The first-order valence-corrected chi connectivity index (χ1v) is 10.1. The van der Waals surface area contributed by atoms with Crippen molar-refractivity contribution in [3.05, 3.63) is 64.4 Å². The fraction of sp³-hybridized carbons (Fsp3) is 0.409. The number of benzene rings is 2. The highest BCUT2D eigenvalue weighted by Crippen LogP contribution is 2.28. The number of amides is 1. The summed E-state index contributed by atoms with van der Waals surface area (Å²) in [6, 6.07) is 11.6. The molecular formula is C22H26ClFN2O3. The zero-order valence-corrected chi connectivity index (χ0v) is 17.2. The summed E-state index contributed by atoms with van der Waals surface area (Å²) in [6.07, 6.45) is 1.36. The number of nitrogens with one attached hydrogen (secondary N) is 1. The van der Waals surface area contributed by atoms with Gasteiger partial charge in [-0.15, -0.1) is 0 Å². The lowest BCUT2D eigenvalue weighted by atomic mass is 9.93. The van der Waals surface area contributed by atoms with Gasteiger partial charge in [0.2, 0.25) is 5.91 Å². The standard InChI is InChI=1S/C22H26ClFN2O3/c1-16-6-7-19(23)20(10-16)29-15-22(28)8-3-9-26(14-22)13-21(27)25-12-17-4-2-5-18(24)11-17/h2,4-7,10-11,28H,3,8-9,12-15H2,1H3,(H,25,27). The van der Waals surface area contributed by atoms with Crippen LogP contribution in [-0.2, 0) is 11.3 Å². The number of piperidine rings is 1. The van der Waals surface area contributed by atoms with Crippen molar-refractivity contribution >= 4 is 17.5 Å². The van der Waals surface area contributed by atoms with Crippen molar-refractivity contribution in [3.8, 4) is 5.75 Å². The molecule has 0 aromatic heterocycles. The molecule has 29 heavy (non-hydrogen) atoms. The van der Waals surface area contributed by atoms with E-state index >= 15 is 0 Å². The van der Waals surface area contributed by atoms with Crippen LogP contribution in [0.15, 0.2) is 42.5 Å². The third-order valence-electron chi connectivity index (χ3n) is 4.96. The lowest BCUT2D eigenvalue weighted by Gasteiger charge is -2.38. The Morgan fingerprint density at radius 1 is 1.34 bits per heavy atom. The zero-order chi connectivity index (χ0) is 20.9. The Morgan fingerprint density at radius 2 is 2.17 bits per heavy atom. The highest BCUT2D eigenvalue weighted by Gasteiger charge is 2.35. The topological polar surface area (TPSA) is 61.8 Å². The van der Waals surface area contributed by atoms with E-state index in [4.69, 9.17) is 16.3 Å². The van der Waals surface area contributed by atoms with E-state index < -0.39 is 5.60 Å². The number of ether oxygens (including phenoxy) is 1. The van der Waals surface area contributed by atoms with Crippen LogP contribution >= 0.6 is 11.6 Å². The molecule has 0 saturated carbocycles. The Morgan fingerprint density at radius 3 is 2.97 bits per heavy atom. The van der Waals surface area contributed by atoms with E-state index in [1.54, 1.807) is 18.2 Å². The molecule has 2 N–H and O–H groups in total. The van der Waals surface area contributed by atoms with Gasteiger partial charge in [-0.2, -0.15) is 0 Å². The smallest absolute Gasteiger partial charge is 0.234 e. The number of hydrogen-bond donors (Lipinski definition) is 2. The van der Waals surface area contributed by atoms with Gasteiger partial charge in [-0.1, -0.05) is 29.8 Å². The lowest BCUT2D eigenvalue weighted by molar-refractivity contribution is -0.124. The largest absolute Gasteiger partial charge is 0.489 e. The van der Waals surface area contributed by atoms with Gasteiger partial charge in [-0.05, 0) is 61.7 Å². The van der Waals surface area contributed by atoms with Crippen molar-refractivity contribution in [2.24, 2.45) is 0 Å². The Balaban J connectivity index is 1.50. The van der Waals surface area contributed by atoms with Crippen LogP contribution in [0.1, 0.15) is 24.0 Å². The average Bonchev–Trinajstić information content (AvgIpc) is 2.67. The second-order valence-corrected chi connectivity index (χ2v) is 8.07. The van der Waals surface area contributed by atoms with Crippen molar-refractivity contribution < 1.29 is 19.0 Å². The third kappa shape index (κ3) is 6.42. The number of carbonyl (C=O) groups excluding carboxylic acids is 1. The molecule has 2 aromatic carbocycles. The van der Waals surface area contributed by atoms with Gasteiger partial charge in [-0.3, -0.25) is 9.69 Å². The molecule has 1 atom stereocenters. The SMILES string of the molecule is Cc1ccc(Cl)c(OCC2(O)CCCN(CC(=O)NCc3cccc(F)c3)C2)c1. The van der Waals surface area contributed by atoms with Crippen LogP contribution < -0.4 is 10.1 Å². The normalized spacial score (nSPS) is 19.7. The number of β-amino-alcohol motifs (C(OH)–C–C–N with tert-alkyl or cyclic N) is 1. The van der Waals surface area contributed by atoms with Crippen LogP contribution in [0.25, 0.3) is 0 Å². The predicted octanol–water partition coefficient (Wildman–Crippen LogP) is 3.31. The van der Waals surface area contributed by atoms with Crippen LogP contribution in [0.4, 0.5) is 4.39 Å². The van der Waals surface area contributed by atoms with Crippen LogP contribution in [0.5, 0.6) is 5.75 Å². The van der Waals surface area contributed by atoms with E-state index in [0.717, 1.165) is 18.5 Å². The van der Waals surface area contributed by atoms with E-state index in [2.05, 4.69) is 5.32 Å². The van der Waals surface area contributed by atoms with Gasteiger partial charge >= 0.3 is 0 Å². The van der Waals surface area contributed by atoms with Crippen molar-refractivity contribution in [1.82, 2.24) is 10.2 Å². The zero-order valence-electron chi connectivity index (χ0n) is 16.5. The molecule has 5 nitrogen and oxygen atoms in total. The molecule has 0 spiro atoms. The quantitative estimate of drug-likeness (QED) is 0.721. The lowest BCUT2D eigenvalue weighted by Crippen LogP contribution is -2.53. The molecule has 1 amide bonds. The first-order valence-electron chi connectivity index (χ1n) is 9.68. The molecule has 0 aliphatic carbocycles. The van der Waals surface area contributed by atoms with E-state index in [9.17, 15) is 14.3 Å². The summed E-state index contributed by atoms with van der Waals surface area (Å²) in [5.41, 5.74) is 0.683. The number of hydrogen-bond acceptors (Lipinski definition) is 4. The molecule has 2 aromatic rings. The van der Waals surface area contributed by atoms with E-state index in [0.29, 0.717) is 29.3 Å². The number of rotatable bonds is 7. The number of carbonyl (C=O) groups is 1. The fourth-order valence-corrected chi connectivity index (χ4v) is 3.67. The average molecular weight is 421 g/mol. The van der Waals surface area contributed by atoms with Crippen LogP contribution in [-0.4, -0.2) is 47.8 Å². The van der Waals surface area contributed by atoms with Gasteiger partial charge in [-0.25, -0.2) is 4.39 Å². The number of halogens is 2. The van der Waals surface area contributed by atoms with Gasteiger partial charge < -0.3 is 15.2 Å². The summed E-state index contributed by atoms with van der Waals surface area (Å²) in [4.78, 5) is 14.2. The minimum absolute atomic E-state index is 0.109. The van der Waals surface area contributed by atoms with Gasteiger partial charge in [0, 0.05) is 13.1 Å². The summed E-state index contributed by atoms with van der Waals surface area (Å²) in [7, 11) is 0. The summed E-state index contributed by atoms with van der Waals surface area (Å²) in [6.45, 7) is 3.55. The Labute approximate surface area is 175 Å². The molecular weight excluding hydrogens is 395 g/mol. The van der Waals surface area contributed by atoms with Crippen LogP contribution in [0.2, 0.25) is 5.02 Å². The Bertz CT molecular complexity index is 864. The molecule has 7 heteroatoms. The molecule has 0 radical (unpaired) electrons. The fourth-order valence-electron chi connectivity index (χ4n) is 3.50. The second-order valence-electron chi connectivity index (χ2n) is 7.67. The summed E-state index contributed by atoms with van der Waals surface area (Å²) >= 11 is 6.16. The van der Waals surface area contributed by atoms with Gasteiger partial charge in [0.05, 0.1) is 11.6 Å². The number of aryl methyl sites for hydroxylation is 1. The van der Waals surface area contributed by atoms with E-state index in [-0.39, 0.29) is 31.4 Å². The Kier molecular flexibility index (Phi) is 7.11. The minimum atomic E-state index is -1.05. The van der Waals surface area contributed by atoms with Gasteiger partial charge in [0.15, 0.2) is 0 Å². The first-order chi connectivity index (χ1) is 13.8. The van der Waals surface area contributed by atoms with Crippen molar-refractivity contribution in [3.63, 3.8) is 0 Å². The second kappa shape index (κ2) is 9.57. The third-order valence-corrected chi connectivity index (χ3v) is 5.28. The molecule has 1 unspecified atom stereocenters. The number of nitrogens with zero attached hydrogens (tertiary/aromatic N) is 1. The van der Waals surface area contributed by atoms with Crippen LogP contribution in [0.3, 0.4) is 0 Å². The predicted molar refractivity (Wildman–Crippen MR) is 111 cm³/mol. The summed E-state index contributed by atoms with van der Waals surface area (Å²) in [5.74, 6) is 0.0535. The van der Waals surface area contributed by atoms with Crippen LogP contribution in [0, 0.1) is 12.7 Å². The van der Waals surface area contributed by atoms with Gasteiger partial charge in [0.1, 0.15) is 23.8 Å². The monoisotopic (exact) mass is 420 g/mol. The van der Waals surface area contributed by atoms with Gasteiger partial charge in [0.25, 0.3) is 0 Å². The molecule has 1 aliphatic heterocycles. The van der Waals surface area contributed by atoms with E-state index in [1.165, 1.54) is 12.1 Å². The molecule has 3 rings (SSSR count). The highest BCUT2D eigenvalue weighted by molar-refractivity contribution is 6.32. The van der Waals surface area contributed by atoms with Crippen molar-refractivity contribution in [2.45, 2.75) is 31.9 Å². The summed E-state index contributed by atoms with van der Waals surface area (Å²) in [5, 5.41) is 14.2. The number of likely N-dealkylation sites (tertiary alicyclic amines) is 1. The molecule has 1 heterocycles.